The summed E-state index contributed by atoms with van der Waals surface area (Å²) in [6, 6.07) is 11.8. The van der Waals surface area contributed by atoms with Gasteiger partial charge < -0.3 is 10.1 Å². The molecule has 3 nitrogen and oxygen atoms in total. The van der Waals surface area contributed by atoms with Gasteiger partial charge in [0.1, 0.15) is 11.6 Å². The van der Waals surface area contributed by atoms with Crippen molar-refractivity contribution < 1.29 is 13.9 Å². The number of anilines is 1. The molecule has 21 heavy (non-hydrogen) atoms. The number of carbonyl (C=O) groups excluding carboxylic acids is 1. The van der Waals surface area contributed by atoms with Crippen LogP contribution in [0.15, 0.2) is 46.9 Å². The summed E-state index contributed by atoms with van der Waals surface area (Å²) in [7, 11) is 0. The Morgan fingerprint density at radius 3 is 2.86 bits per heavy atom. The molecule has 0 radical (unpaired) electrons. The number of ether oxygens (including phenoxy) is 1. The van der Waals surface area contributed by atoms with Crippen LogP contribution in [0.4, 0.5) is 10.1 Å². The van der Waals surface area contributed by atoms with Crippen molar-refractivity contribution in [1.82, 2.24) is 0 Å². The van der Waals surface area contributed by atoms with Gasteiger partial charge in [-0.15, -0.1) is 0 Å². The molecule has 0 aliphatic carbocycles. The molecule has 1 unspecified atom stereocenters. The number of nitrogens with one attached hydrogen (secondary N) is 1. The van der Waals surface area contributed by atoms with Crippen molar-refractivity contribution >= 4 is 27.5 Å². The number of para-hydroxylation sites is 1. The molecule has 3 rings (SSSR count). The highest BCUT2D eigenvalue weighted by molar-refractivity contribution is 9.10. The molecule has 2 aromatic rings. The molecule has 0 fully saturated rings. The molecule has 0 spiro atoms. The van der Waals surface area contributed by atoms with Crippen molar-refractivity contribution in [3.8, 4) is 5.75 Å². The summed E-state index contributed by atoms with van der Waals surface area (Å²) in [6.07, 6.45) is 0.726. The molecule has 1 aliphatic heterocycles. The molecular formula is C16H13BrFNO2. The van der Waals surface area contributed by atoms with Gasteiger partial charge in [0.15, 0.2) is 6.10 Å². The fourth-order valence-corrected chi connectivity index (χ4v) is 2.77. The third-order valence-electron chi connectivity index (χ3n) is 3.41. The molecule has 5 heteroatoms. The quantitative estimate of drug-likeness (QED) is 0.892. The number of fused-ring (bicyclic) bond motifs is 1. The second-order valence-corrected chi connectivity index (χ2v) is 5.72. The molecule has 1 aliphatic rings. The summed E-state index contributed by atoms with van der Waals surface area (Å²) in [5.74, 6) is -0.0781. The van der Waals surface area contributed by atoms with Gasteiger partial charge in [0, 0.05) is 5.69 Å². The van der Waals surface area contributed by atoms with E-state index in [4.69, 9.17) is 4.74 Å². The van der Waals surface area contributed by atoms with Crippen molar-refractivity contribution in [3.63, 3.8) is 0 Å². The highest BCUT2D eigenvalue weighted by Crippen LogP contribution is 2.29. The monoisotopic (exact) mass is 349 g/mol. The SMILES string of the molecule is O=C1Nc2ccccc2CCC1Oc1ccc(F)cc1Br. The fourth-order valence-electron chi connectivity index (χ4n) is 2.33. The summed E-state index contributed by atoms with van der Waals surface area (Å²) >= 11 is 3.24. The Bertz CT molecular complexity index is 690. The lowest BCUT2D eigenvalue weighted by Gasteiger charge is -2.16. The van der Waals surface area contributed by atoms with Crippen molar-refractivity contribution in [2.24, 2.45) is 0 Å². The summed E-state index contributed by atoms with van der Waals surface area (Å²) in [6.45, 7) is 0. The first-order valence-electron chi connectivity index (χ1n) is 6.64. The lowest BCUT2D eigenvalue weighted by Crippen LogP contribution is -2.31. The number of rotatable bonds is 2. The van der Waals surface area contributed by atoms with E-state index in [0.717, 1.165) is 17.7 Å². The minimum Gasteiger partial charge on any atom is -0.479 e. The normalized spacial score (nSPS) is 17.6. The van der Waals surface area contributed by atoms with Crippen molar-refractivity contribution in [3.05, 3.63) is 58.3 Å². The van der Waals surface area contributed by atoms with Crippen LogP contribution in [0.5, 0.6) is 5.75 Å². The second-order valence-electron chi connectivity index (χ2n) is 4.87. The van der Waals surface area contributed by atoms with Crippen molar-refractivity contribution in [1.29, 1.82) is 0 Å². The fraction of sp³-hybridized carbons (Fsp3) is 0.188. The minimum atomic E-state index is -0.598. The molecule has 1 atom stereocenters. The third-order valence-corrected chi connectivity index (χ3v) is 4.03. The lowest BCUT2D eigenvalue weighted by molar-refractivity contribution is -0.122. The maximum atomic E-state index is 13.1. The predicted octanol–water partition coefficient (Wildman–Crippen LogP) is 3.92. The minimum absolute atomic E-state index is 0.184. The highest BCUT2D eigenvalue weighted by atomic mass is 79.9. The Morgan fingerprint density at radius 2 is 2.05 bits per heavy atom. The number of amides is 1. The van der Waals surface area contributed by atoms with E-state index in [1.54, 1.807) is 0 Å². The number of aryl methyl sites for hydroxylation is 1. The van der Waals surface area contributed by atoms with Gasteiger partial charge in [0.05, 0.1) is 4.47 Å². The van der Waals surface area contributed by atoms with Crippen LogP contribution in [-0.4, -0.2) is 12.0 Å². The molecule has 0 saturated heterocycles. The van der Waals surface area contributed by atoms with E-state index >= 15 is 0 Å². The zero-order chi connectivity index (χ0) is 14.8. The molecule has 0 aromatic heterocycles. The second kappa shape index (κ2) is 5.85. The van der Waals surface area contributed by atoms with Gasteiger partial charge >= 0.3 is 0 Å². The first kappa shape index (κ1) is 14.1. The van der Waals surface area contributed by atoms with Crippen LogP contribution in [0, 0.1) is 5.82 Å². The Labute approximate surface area is 130 Å². The van der Waals surface area contributed by atoms with Gasteiger partial charge in [-0.1, -0.05) is 18.2 Å². The number of hydrogen-bond acceptors (Lipinski definition) is 2. The predicted molar refractivity (Wildman–Crippen MR) is 81.9 cm³/mol. The first-order valence-corrected chi connectivity index (χ1v) is 7.43. The van der Waals surface area contributed by atoms with E-state index in [9.17, 15) is 9.18 Å². The standard InChI is InChI=1S/C16H13BrFNO2/c17-12-9-11(18)6-8-14(12)21-15-7-5-10-3-1-2-4-13(10)19-16(15)20/h1-4,6,8-9,15H,5,7H2,(H,19,20). The Morgan fingerprint density at radius 1 is 1.24 bits per heavy atom. The maximum Gasteiger partial charge on any atom is 0.265 e. The van der Waals surface area contributed by atoms with E-state index in [2.05, 4.69) is 21.2 Å². The first-order chi connectivity index (χ1) is 10.1. The Balaban J connectivity index is 1.80. The largest absolute Gasteiger partial charge is 0.479 e. The molecule has 0 bridgehead atoms. The van der Waals surface area contributed by atoms with Crippen LogP contribution in [-0.2, 0) is 11.2 Å². The zero-order valence-corrected chi connectivity index (χ0v) is 12.7. The topological polar surface area (TPSA) is 38.3 Å². The van der Waals surface area contributed by atoms with Crippen LogP contribution in [0.2, 0.25) is 0 Å². The number of benzene rings is 2. The number of hydrogen-bond donors (Lipinski definition) is 1. The molecule has 0 saturated carbocycles. The Kier molecular flexibility index (Phi) is 3.92. The summed E-state index contributed by atoms with van der Waals surface area (Å²) in [5, 5.41) is 2.87. The van der Waals surface area contributed by atoms with Gasteiger partial charge in [-0.25, -0.2) is 4.39 Å². The van der Waals surface area contributed by atoms with E-state index < -0.39 is 6.10 Å². The average molecular weight is 350 g/mol. The van der Waals surface area contributed by atoms with Gasteiger partial charge in [-0.3, -0.25) is 4.79 Å². The van der Waals surface area contributed by atoms with E-state index in [1.165, 1.54) is 18.2 Å². The highest BCUT2D eigenvalue weighted by Gasteiger charge is 2.25. The van der Waals surface area contributed by atoms with Crippen LogP contribution in [0.3, 0.4) is 0 Å². The molecule has 1 amide bonds. The van der Waals surface area contributed by atoms with E-state index in [-0.39, 0.29) is 11.7 Å². The van der Waals surface area contributed by atoms with Gasteiger partial charge in [-0.2, -0.15) is 0 Å². The smallest absolute Gasteiger partial charge is 0.265 e. The van der Waals surface area contributed by atoms with Gasteiger partial charge in [0.25, 0.3) is 5.91 Å². The van der Waals surface area contributed by atoms with Crippen LogP contribution < -0.4 is 10.1 Å². The lowest BCUT2D eigenvalue weighted by atomic mass is 10.1. The van der Waals surface area contributed by atoms with Gasteiger partial charge in [0.2, 0.25) is 0 Å². The summed E-state index contributed by atoms with van der Waals surface area (Å²) in [5.41, 5.74) is 1.92. The molecule has 1 heterocycles. The van der Waals surface area contributed by atoms with E-state index in [1.807, 2.05) is 24.3 Å². The average Bonchev–Trinajstić information content (AvgIpc) is 2.61. The zero-order valence-electron chi connectivity index (χ0n) is 11.1. The van der Waals surface area contributed by atoms with Crippen LogP contribution in [0.1, 0.15) is 12.0 Å². The van der Waals surface area contributed by atoms with Gasteiger partial charge in [-0.05, 0) is 58.6 Å². The number of halogens is 2. The maximum absolute atomic E-state index is 13.1. The molecular weight excluding hydrogens is 337 g/mol. The summed E-state index contributed by atoms with van der Waals surface area (Å²) in [4.78, 5) is 12.2. The van der Waals surface area contributed by atoms with Crippen molar-refractivity contribution in [2.45, 2.75) is 18.9 Å². The summed E-state index contributed by atoms with van der Waals surface area (Å²) < 4.78 is 19.3. The van der Waals surface area contributed by atoms with E-state index in [0.29, 0.717) is 16.6 Å². The third kappa shape index (κ3) is 3.08. The van der Waals surface area contributed by atoms with Crippen molar-refractivity contribution in [2.75, 3.05) is 5.32 Å². The molecule has 108 valence electrons. The molecule has 1 N–H and O–H groups in total. The molecule has 2 aromatic carbocycles. The Hall–Kier alpha value is -1.88. The van der Waals surface area contributed by atoms with Crippen LogP contribution >= 0.6 is 15.9 Å². The van der Waals surface area contributed by atoms with Crippen LogP contribution in [0.25, 0.3) is 0 Å². The number of carbonyl (C=O) groups is 1.